The van der Waals surface area contributed by atoms with E-state index >= 15 is 0 Å². The van der Waals surface area contributed by atoms with Gasteiger partial charge in [-0.3, -0.25) is 4.79 Å². The minimum absolute atomic E-state index is 0.0440. The summed E-state index contributed by atoms with van der Waals surface area (Å²) in [5.41, 5.74) is 1.52. The van der Waals surface area contributed by atoms with Crippen LogP contribution >= 0.6 is 11.6 Å². The van der Waals surface area contributed by atoms with Crippen LogP contribution in [0, 0.1) is 0 Å². The Labute approximate surface area is 172 Å². The molecule has 0 aliphatic carbocycles. The highest BCUT2D eigenvalue weighted by molar-refractivity contribution is 6.30. The van der Waals surface area contributed by atoms with Gasteiger partial charge >= 0.3 is 0 Å². The number of hydrogen-bond donors (Lipinski definition) is 0. The van der Waals surface area contributed by atoms with Gasteiger partial charge in [0.2, 0.25) is 0 Å². The van der Waals surface area contributed by atoms with Crippen molar-refractivity contribution in [3.63, 3.8) is 0 Å². The molecule has 4 aromatic rings. The number of pyridine rings is 1. The molecule has 7 nitrogen and oxygen atoms in total. The molecule has 0 radical (unpaired) electrons. The average molecular weight is 409 g/mol. The molecule has 0 unspecified atom stereocenters. The van der Waals surface area contributed by atoms with E-state index in [4.69, 9.17) is 11.6 Å². The summed E-state index contributed by atoms with van der Waals surface area (Å²) in [6, 6.07) is 9.26. The number of nitrogens with zero attached hydrogens (tertiary/aromatic N) is 6. The molecule has 1 aromatic carbocycles. The van der Waals surface area contributed by atoms with E-state index in [1.54, 1.807) is 27.4 Å². The van der Waals surface area contributed by atoms with Crippen molar-refractivity contribution in [2.24, 2.45) is 0 Å². The van der Waals surface area contributed by atoms with Crippen molar-refractivity contribution in [3.8, 4) is 11.4 Å². The Balaban J connectivity index is 1.49. The smallest absolute Gasteiger partial charge is 0.261 e. The van der Waals surface area contributed by atoms with Gasteiger partial charge in [-0.05, 0) is 56.3 Å². The van der Waals surface area contributed by atoms with Gasteiger partial charge in [0.25, 0.3) is 11.3 Å². The Morgan fingerprint density at radius 1 is 1.00 bits per heavy atom. The van der Waals surface area contributed by atoms with Gasteiger partial charge in [-0.2, -0.15) is 9.50 Å². The third-order valence-corrected chi connectivity index (χ3v) is 5.77. The Kier molecular flexibility index (Phi) is 4.77. The molecular weight excluding hydrogens is 388 g/mol. The van der Waals surface area contributed by atoms with Crippen LogP contribution in [-0.4, -0.2) is 48.7 Å². The van der Waals surface area contributed by atoms with Crippen LogP contribution in [0.2, 0.25) is 5.02 Å². The molecule has 8 heteroatoms. The molecule has 0 amide bonds. The predicted octanol–water partition coefficient (Wildman–Crippen LogP) is 3.25. The lowest BCUT2D eigenvalue weighted by Crippen LogP contribution is -2.34. The summed E-state index contributed by atoms with van der Waals surface area (Å²) in [4.78, 5) is 24.3. The highest BCUT2D eigenvalue weighted by Crippen LogP contribution is 2.20. The number of hydrogen-bond acceptors (Lipinski definition) is 5. The quantitative estimate of drug-likeness (QED) is 0.518. The standard InChI is InChI=1S/C21H21ClN6O/c22-16-6-4-15(5-7-16)19-24-21-23-14-17-18(28(21)25-19)8-11-27(20(17)29)13-12-26-9-2-1-3-10-26/h4-8,11,14H,1-3,9-10,12-13H2. The van der Waals surface area contributed by atoms with Crippen molar-refractivity contribution < 1.29 is 0 Å². The zero-order valence-electron chi connectivity index (χ0n) is 16.0. The molecule has 1 fully saturated rings. The van der Waals surface area contributed by atoms with E-state index < -0.39 is 0 Å². The van der Waals surface area contributed by atoms with Crippen LogP contribution in [0.25, 0.3) is 28.1 Å². The summed E-state index contributed by atoms with van der Waals surface area (Å²) >= 11 is 5.96. The zero-order valence-corrected chi connectivity index (χ0v) is 16.7. The average Bonchev–Trinajstić information content (AvgIpc) is 3.19. The van der Waals surface area contributed by atoms with E-state index in [0.29, 0.717) is 34.1 Å². The molecule has 0 spiro atoms. The first-order valence-electron chi connectivity index (χ1n) is 9.92. The first-order chi connectivity index (χ1) is 14.2. The predicted molar refractivity (Wildman–Crippen MR) is 113 cm³/mol. The summed E-state index contributed by atoms with van der Waals surface area (Å²) in [5, 5.41) is 5.78. The minimum atomic E-state index is -0.0440. The number of piperidine rings is 1. The lowest BCUT2D eigenvalue weighted by molar-refractivity contribution is 0.220. The molecule has 0 saturated carbocycles. The highest BCUT2D eigenvalue weighted by Gasteiger charge is 2.14. The molecule has 3 aromatic heterocycles. The Hall–Kier alpha value is -2.77. The number of aromatic nitrogens is 5. The van der Waals surface area contributed by atoms with Gasteiger partial charge in [0, 0.05) is 36.1 Å². The zero-order chi connectivity index (χ0) is 19.8. The molecule has 0 N–H and O–H groups in total. The Morgan fingerprint density at radius 3 is 2.59 bits per heavy atom. The maximum absolute atomic E-state index is 13.0. The molecule has 1 aliphatic rings. The molecule has 0 bridgehead atoms. The normalized spacial score (nSPS) is 15.3. The van der Waals surface area contributed by atoms with Gasteiger partial charge < -0.3 is 9.47 Å². The highest BCUT2D eigenvalue weighted by atomic mass is 35.5. The molecule has 29 heavy (non-hydrogen) atoms. The van der Waals surface area contributed by atoms with Crippen LogP contribution < -0.4 is 5.56 Å². The fourth-order valence-corrected chi connectivity index (χ4v) is 4.02. The molecule has 148 valence electrons. The second kappa shape index (κ2) is 7.57. The number of fused-ring (bicyclic) bond motifs is 3. The Bertz CT molecular complexity index is 1220. The van der Waals surface area contributed by atoms with E-state index in [1.807, 2.05) is 24.4 Å². The van der Waals surface area contributed by atoms with Crippen molar-refractivity contribution in [1.29, 1.82) is 0 Å². The lowest BCUT2D eigenvalue weighted by Gasteiger charge is -2.26. The summed E-state index contributed by atoms with van der Waals surface area (Å²) in [7, 11) is 0. The van der Waals surface area contributed by atoms with Crippen LogP contribution in [0.4, 0.5) is 0 Å². The summed E-state index contributed by atoms with van der Waals surface area (Å²) in [6.07, 6.45) is 7.25. The van der Waals surface area contributed by atoms with Crippen LogP contribution in [0.3, 0.4) is 0 Å². The van der Waals surface area contributed by atoms with Gasteiger partial charge in [-0.1, -0.05) is 18.0 Å². The SMILES string of the molecule is O=c1c2cnc3nc(-c4ccc(Cl)cc4)nn3c2ccn1CCN1CCCCC1. The molecular formula is C21H21ClN6O. The molecule has 1 saturated heterocycles. The van der Waals surface area contributed by atoms with Crippen molar-refractivity contribution >= 4 is 28.3 Å². The molecule has 0 atom stereocenters. The van der Waals surface area contributed by atoms with E-state index in [-0.39, 0.29) is 5.56 Å². The summed E-state index contributed by atoms with van der Waals surface area (Å²) < 4.78 is 3.40. The first kappa shape index (κ1) is 18.3. The molecule has 1 aliphatic heterocycles. The largest absolute Gasteiger partial charge is 0.314 e. The fourth-order valence-electron chi connectivity index (χ4n) is 3.89. The Morgan fingerprint density at radius 2 is 1.79 bits per heavy atom. The third kappa shape index (κ3) is 3.52. The number of halogens is 1. The summed E-state index contributed by atoms with van der Waals surface area (Å²) in [6.45, 7) is 3.82. The lowest BCUT2D eigenvalue weighted by atomic mass is 10.1. The van der Waals surface area contributed by atoms with Crippen LogP contribution in [0.1, 0.15) is 19.3 Å². The second-order valence-electron chi connectivity index (χ2n) is 7.43. The minimum Gasteiger partial charge on any atom is -0.314 e. The van der Waals surface area contributed by atoms with Gasteiger partial charge in [-0.25, -0.2) is 4.98 Å². The van der Waals surface area contributed by atoms with Gasteiger partial charge in [0.1, 0.15) is 0 Å². The van der Waals surface area contributed by atoms with E-state index in [2.05, 4.69) is 20.0 Å². The van der Waals surface area contributed by atoms with Crippen LogP contribution in [0.15, 0.2) is 47.5 Å². The molecule has 4 heterocycles. The third-order valence-electron chi connectivity index (χ3n) is 5.52. The van der Waals surface area contributed by atoms with Crippen molar-refractivity contribution in [2.75, 3.05) is 19.6 Å². The van der Waals surface area contributed by atoms with E-state index in [0.717, 1.165) is 25.2 Å². The number of likely N-dealkylation sites (tertiary alicyclic amines) is 1. The van der Waals surface area contributed by atoms with Crippen LogP contribution in [-0.2, 0) is 6.54 Å². The van der Waals surface area contributed by atoms with Gasteiger partial charge in [0.15, 0.2) is 5.82 Å². The molecule has 5 rings (SSSR count). The van der Waals surface area contributed by atoms with Crippen LogP contribution in [0.5, 0.6) is 0 Å². The maximum atomic E-state index is 13.0. The number of benzene rings is 1. The first-order valence-corrected chi connectivity index (χ1v) is 10.3. The number of rotatable bonds is 4. The van der Waals surface area contributed by atoms with Gasteiger partial charge in [0.05, 0.1) is 10.9 Å². The van der Waals surface area contributed by atoms with Crippen molar-refractivity contribution in [1.82, 2.24) is 29.0 Å². The van der Waals surface area contributed by atoms with Gasteiger partial charge in [-0.15, -0.1) is 5.10 Å². The van der Waals surface area contributed by atoms with E-state index in [1.165, 1.54) is 19.3 Å². The van der Waals surface area contributed by atoms with E-state index in [9.17, 15) is 4.79 Å². The monoisotopic (exact) mass is 408 g/mol. The fraction of sp³-hybridized carbons (Fsp3) is 0.333. The second-order valence-corrected chi connectivity index (χ2v) is 7.86. The van der Waals surface area contributed by atoms with Crippen molar-refractivity contribution in [2.45, 2.75) is 25.8 Å². The maximum Gasteiger partial charge on any atom is 0.261 e. The summed E-state index contributed by atoms with van der Waals surface area (Å²) in [5.74, 6) is 1.02. The topological polar surface area (TPSA) is 68.3 Å². The van der Waals surface area contributed by atoms with Crippen molar-refractivity contribution in [3.05, 3.63) is 58.1 Å².